The van der Waals surface area contributed by atoms with E-state index in [0.29, 0.717) is 32.7 Å². The molecule has 1 saturated heterocycles. The lowest BCUT2D eigenvalue weighted by Gasteiger charge is -2.35. The summed E-state index contributed by atoms with van der Waals surface area (Å²) in [4.78, 5) is 27.4. The van der Waals surface area contributed by atoms with Crippen LogP contribution in [-0.4, -0.2) is 54.6 Å². The topological polar surface area (TPSA) is 49.9 Å². The highest BCUT2D eigenvalue weighted by Gasteiger charge is 2.32. The summed E-state index contributed by atoms with van der Waals surface area (Å²) in [6, 6.07) is -0.186. The maximum absolute atomic E-state index is 12.4. The zero-order valence-electron chi connectivity index (χ0n) is 12.1. The summed E-state index contributed by atoms with van der Waals surface area (Å²) in [5, 5.41) is 0. The van der Waals surface area contributed by atoms with Crippen LogP contribution >= 0.6 is 0 Å². The van der Waals surface area contributed by atoms with Gasteiger partial charge in [0, 0.05) is 19.5 Å². The van der Waals surface area contributed by atoms with Gasteiger partial charge in [-0.3, -0.25) is 9.69 Å². The Bertz CT molecular complexity index is 442. The first-order valence-corrected chi connectivity index (χ1v) is 7.07. The lowest BCUT2D eigenvalue weighted by atomic mass is 10.1. The van der Waals surface area contributed by atoms with E-state index in [4.69, 9.17) is 4.74 Å². The van der Waals surface area contributed by atoms with Crippen molar-refractivity contribution in [1.82, 2.24) is 9.80 Å². The van der Waals surface area contributed by atoms with E-state index >= 15 is 0 Å². The molecule has 1 fully saturated rings. The fraction of sp³-hybridized carbons (Fsp3) is 0.600. The first-order valence-electron chi connectivity index (χ1n) is 7.07. The molecule has 0 aromatic carbocycles. The smallest absolute Gasteiger partial charge is 0.327 e. The van der Waals surface area contributed by atoms with E-state index in [0.717, 1.165) is 30.6 Å². The molecule has 5 heteroatoms. The minimum absolute atomic E-state index is 0.0898. The molecule has 0 spiro atoms. The molecule has 2 heterocycles. The molecule has 0 aromatic rings. The summed E-state index contributed by atoms with van der Waals surface area (Å²) >= 11 is 0. The van der Waals surface area contributed by atoms with E-state index < -0.39 is 0 Å². The van der Waals surface area contributed by atoms with E-state index in [9.17, 15) is 9.59 Å². The average molecular weight is 278 g/mol. The Morgan fingerprint density at radius 3 is 2.90 bits per heavy atom. The summed E-state index contributed by atoms with van der Waals surface area (Å²) in [6.45, 7) is 8.53. The van der Waals surface area contributed by atoms with Gasteiger partial charge in [-0.1, -0.05) is 11.6 Å². The van der Waals surface area contributed by atoms with Gasteiger partial charge >= 0.3 is 6.03 Å². The van der Waals surface area contributed by atoms with Crippen molar-refractivity contribution in [3.63, 3.8) is 0 Å². The van der Waals surface area contributed by atoms with Crippen LogP contribution in [0.2, 0.25) is 0 Å². The maximum Gasteiger partial charge on any atom is 0.327 e. The third kappa shape index (κ3) is 3.70. The van der Waals surface area contributed by atoms with Crippen LogP contribution in [0.3, 0.4) is 0 Å². The molecular formula is C15H22N2O3. The largest absolute Gasteiger partial charge is 0.377 e. The molecule has 2 aliphatic heterocycles. The van der Waals surface area contributed by atoms with Crippen LogP contribution in [0.1, 0.15) is 26.2 Å². The molecule has 5 nitrogen and oxygen atoms in total. The molecule has 0 aromatic heterocycles. The highest BCUT2D eigenvalue weighted by atomic mass is 16.5. The summed E-state index contributed by atoms with van der Waals surface area (Å²) in [7, 11) is 0. The number of rotatable bonds is 5. The molecular weight excluding hydrogens is 256 g/mol. The highest BCUT2D eigenvalue weighted by Crippen LogP contribution is 2.16. The van der Waals surface area contributed by atoms with E-state index in [1.165, 1.54) is 4.90 Å². The summed E-state index contributed by atoms with van der Waals surface area (Å²) in [5.41, 5.74) is 2.06. The van der Waals surface area contributed by atoms with Gasteiger partial charge in [0.05, 0.1) is 19.8 Å². The fourth-order valence-corrected chi connectivity index (χ4v) is 2.35. The molecule has 20 heavy (non-hydrogen) atoms. The number of imide groups is 1. The molecule has 2 aliphatic rings. The van der Waals surface area contributed by atoms with Crippen LogP contribution in [0.4, 0.5) is 4.79 Å². The first kappa shape index (κ1) is 14.8. The highest BCUT2D eigenvalue weighted by molar-refractivity contribution is 5.97. The Labute approximate surface area is 119 Å². The molecule has 0 bridgehead atoms. The molecule has 110 valence electrons. The van der Waals surface area contributed by atoms with E-state index in [2.05, 4.69) is 12.7 Å². The number of carbonyl (C=O) groups is 2. The molecule has 3 amide bonds. The minimum atomic E-state index is -0.186. The van der Waals surface area contributed by atoms with Crippen molar-refractivity contribution in [2.24, 2.45) is 0 Å². The van der Waals surface area contributed by atoms with Gasteiger partial charge in [0.15, 0.2) is 0 Å². The second-order valence-corrected chi connectivity index (χ2v) is 5.41. The predicted octanol–water partition coefficient (Wildman–Crippen LogP) is 1.95. The van der Waals surface area contributed by atoms with Gasteiger partial charge in [-0.15, -0.1) is 6.58 Å². The molecule has 0 aliphatic carbocycles. The third-order valence-electron chi connectivity index (χ3n) is 3.55. The van der Waals surface area contributed by atoms with E-state index in [1.54, 1.807) is 4.90 Å². The van der Waals surface area contributed by atoms with Crippen molar-refractivity contribution in [3.8, 4) is 0 Å². The monoisotopic (exact) mass is 278 g/mol. The van der Waals surface area contributed by atoms with E-state index in [1.807, 2.05) is 6.92 Å². The van der Waals surface area contributed by atoms with Gasteiger partial charge in [-0.05, 0) is 25.3 Å². The lowest BCUT2D eigenvalue weighted by Crippen LogP contribution is -2.53. The van der Waals surface area contributed by atoms with Gasteiger partial charge < -0.3 is 9.64 Å². The van der Waals surface area contributed by atoms with Gasteiger partial charge in [0.1, 0.15) is 0 Å². The average Bonchev–Trinajstić information content (AvgIpc) is 2.43. The van der Waals surface area contributed by atoms with Crippen LogP contribution in [0.15, 0.2) is 23.8 Å². The van der Waals surface area contributed by atoms with Crippen LogP contribution in [-0.2, 0) is 9.53 Å². The van der Waals surface area contributed by atoms with Crippen molar-refractivity contribution >= 4 is 11.9 Å². The Morgan fingerprint density at radius 1 is 1.45 bits per heavy atom. The molecule has 2 rings (SSSR count). The summed E-state index contributed by atoms with van der Waals surface area (Å²) in [6.07, 6.45) is 4.09. The standard InChI is InChI=1S/C15H22N2O3/c1-12(2)5-7-16-8-6-14(18)17(15(16)19)10-13-4-3-9-20-11-13/h4H,1,3,5-11H2,2H3. The van der Waals surface area contributed by atoms with Crippen molar-refractivity contribution in [2.45, 2.75) is 26.2 Å². The van der Waals surface area contributed by atoms with Crippen LogP contribution in [0.25, 0.3) is 0 Å². The zero-order valence-corrected chi connectivity index (χ0v) is 12.1. The van der Waals surface area contributed by atoms with E-state index in [-0.39, 0.29) is 11.9 Å². The second-order valence-electron chi connectivity index (χ2n) is 5.41. The Hall–Kier alpha value is -1.62. The second kappa shape index (κ2) is 6.70. The van der Waals surface area contributed by atoms with Crippen molar-refractivity contribution in [3.05, 3.63) is 23.8 Å². The lowest BCUT2D eigenvalue weighted by molar-refractivity contribution is -0.130. The normalized spacial score (nSPS) is 20.1. The molecule has 0 N–H and O–H groups in total. The fourth-order valence-electron chi connectivity index (χ4n) is 2.35. The number of amides is 3. The third-order valence-corrected chi connectivity index (χ3v) is 3.55. The zero-order chi connectivity index (χ0) is 14.5. The Kier molecular flexibility index (Phi) is 4.95. The maximum atomic E-state index is 12.4. The summed E-state index contributed by atoms with van der Waals surface area (Å²) in [5.74, 6) is -0.0898. The summed E-state index contributed by atoms with van der Waals surface area (Å²) < 4.78 is 5.36. The van der Waals surface area contributed by atoms with Crippen molar-refractivity contribution in [2.75, 3.05) is 32.8 Å². The Morgan fingerprint density at radius 2 is 2.25 bits per heavy atom. The van der Waals surface area contributed by atoms with Crippen molar-refractivity contribution < 1.29 is 14.3 Å². The van der Waals surface area contributed by atoms with Crippen LogP contribution in [0, 0.1) is 0 Å². The van der Waals surface area contributed by atoms with Crippen molar-refractivity contribution in [1.29, 1.82) is 0 Å². The molecule has 0 radical (unpaired) electrons. The van der Waals surface area contributed by atoms with Gasteiger partial charge in [0.25, 0.3) is 0 Å². The van der Waals surface area contributed by atoms with Gasteiger partial charge in [-0.2, -0.15) is 0 Å². The number of carbonyl (C=O) groups excluding carboxylic acids is 2. The number of ether oxygens (including phenoxy) is 1. The van der Waals surface area contributed by atoms with Crippen LogP contribution in [0.5, 0.6) is 0 Å². The number of hydrogen-bond acceptors (Lipinski definition) is 3. The SMILES string of the molecule is C=C(C)CCN1CCC(=O)N(CC2=CCCOC2)C1=O. The van der Waals surface area contributed by atoms with Gasteiger partial charge in [0.2, 0.25) is 5.91 Å². The number of hydrogen-bond donors (Lipinski definition) is 0. The molecule has 0 atom stereocenters. The number of urea groups is 1. The molecule has 0 unspecified atom stereocenters. The first-order chi connectivity index (χ1) is 9.58. The van der Waals surface area contributed by atoms with Crippen LogP contribution < -0.4 is 0 Å². The molecule has 0 saturated carbocycles. The predicted molar refractivity (Wildman–Crippen MR) is 76.2 cm³/mol. The minimum Gasteiger partial charge on any atom is -0.377 e. The quantitative estimate of drug-likeness (QED) is 0.722. The number of nitrogens with zero attached hydrogens (tertiary/aromatic N) is 2. The van der Waals surface area contributed by atoms with Gasteiger partial charge in [-0.25, -0.2) is 4.79 Å². The Balaban J connectivity index is 1.98.